The number of ether oxygens (including phenoxy) is 1. The van der Waals surface area contributed by atoms with Crippen LogP contribution in [0.3, 0.4) is 0 Å². The first-order valence-corrected chi connectivity index (χ1v) is 8.40. The topological polar surface area (TPSA) is 93.5 Å². The average Bonchev–Trinajstić information content (AvgIpc) is 3.32. The maximum atomic E-state index is 12.4. The van der Waals surface area contributed by atoms with Crippen LogP contribution in [-0.4, -0.2) is 34.8 Å². The molecule has 2 aliphatic heterocycles. The van der Waals surface area contributed by atoms with Crippen molar-refractivity contribution in [3.05, 3.63) is 41.9 Å². The van der Waals surface area contributed by atoms with Gasteiger partial charge in [0, 0.05) is 30.6 Å². The fourth-order valence-corrected chi connectivity index (χ4v) is 3.50. The van der Waals surface area contributed by atoms with Crippen LogP contribution in [-0.2, 0) is 0 Å². The van der Waals surface area contributed by atoms with Gasteiger partial charge in [0.2, 0.25) is 5.78 Å². The molecular formula is C18H19N3O4. The van der Waals surface area contributed by atoms with Crippen molar-refractivity contribution < 1.29 is 18.7 Å². The van der Waals surface area contributed by atoms with Gasteiger partial charge in [0.1, 0.15) is 11.9 Å². The van der Waals surface area contributed by atoms with Gasteiger partial charge < -0.3 is 19.8 Å². The van der Waals surface area contributed by atoms with Crippen LogP contribution in [0, 0.1) is 0 Å². The number of nitrogens with zero attached hydrogens (tertiary/aromatic N) is 1. The Morgan fingerprint density at radius 1 is 1.28 bits per heavy atom. The Kier molecular flexibility index (Phi) is 4.01. The number of hydrogen-bond donors (Lipinski definition) is 2. The van der Waals surface area contributed by atoms with E-state index in [9.17, 15) is 9.59 Å². The summed E-state index contributed by atoms with van der Waals surface area (Å²) in [6, 6.07) is 7.93. The highest BCUT2D eigenvalue weighted by Crippen LogP contribution is 2.28. The van der Waals surface area contributed by atoms with Crippen molar-refractivity contribution in [3.8, 4) is 11.7 Å². The van der Waals surface area contributed by atoms with Gasteiger partial charge in [-0.15, -0.1) is 0 Å². The first-order valence-electron chi connectivity index (χ1n) is 8.40. The molecular weight excluding hydrogens is 322 g/mol. The summed E-state index contributed by atoms with van der Waals surface area (Å²) in [5.41, 5.74) is 0.581. The van der Waals surface area contributed by atoms with Crippen molar-refractivity contribution >= 4 is 11.7 Å². The van der Waals surface area contributed by atoms with E-state index in [0.717, 1.165) is 12.8 Å². The van der Waals surface area contributed by atoms with Crippen molar-refractivity contribution in [2.24, 2.45) is 0 Å². The van der Waals surface area contributed by atoms with E-state index >= 15 is 0 Å². The third-order valence-electron chi connectivity index (χ3n) is 4.74. The number of Topliss-reactive ketones (excluding diaryl/α,β-unsaturated/α-hetero) is 1. The maximum absolute atomic E-state index is 12.4. The van der Waals surface area contributed by atoms with E-state index in [1.165, 1.54) is 19.5 Å². The molecule has 25 heavy (non-hydrogen) atoms. The summed E-state index contributed by atoms with van der Waals surface area (Å²) < 4.78 is 10.7. The highest BCUT2D eigenvalue weighted by molar-refractivity contribution is 5.94. The van der Waals surface area contributed by atoms with E-state index in [-0.39, 0.29) is 29.6 Å². The molecule has 0 radical (unpaired) electrons. The van der Waals surface area contributed by atoms with E-state index < -0.39 is 0 Å². The van der Waals surface area contributed by atoms with E-state index in [2.05, 4.69) is 15.6 Å². The fraction of sp³-hybridized carbons (Fsp3) is 0.389. The highest BCUT2D eigenvalue weighted by atomic mass is 16.6. The molecule has 0 saturated carbocycles. The minimum absolute atomic E-state index is 0.00506. The molecule has 4 rings (SSSR count). The molecule has 7 heteroatoms. The smallest absolute Gasteiger partial charge is 0.311 e. The number of ketones is 1. The number of nitrogens with one attached hydrogen (secondary N) is 2. The SMILES string of the molecule is CC(=O)c1ncc(Oc2ccc(C(=O)NC3CC4CCC3N4)cc2)o1. The number of oxazole rings is 1. The van der Waals surface area contributed by atoms with Gasteiger partial charge in [-0.05, 0) is 43.5 Å². The van der Waals surface area contributed by atoms with Crippen molar-refractivity contribution in [2.75, 3.05) is 0 Å². The summed E-state index contributed by atoms with van der Waals surface area (Å²) in [6.07, 6.45) is 4.68. The largest absolute Gasteiger partial charge is 0.425 e. The maximum Gasteiger partial charge on any atom is 0.311 e. The number of carbonyl (C=O) groups excluding carboxylic acids is 2. The summed E-state index contributed by atoms with van der Waals surface area (Å²) in [5, 5.41) is 6.61. The Morgan fingerprint density at radius 2 is 2.08 bits per heavy atom. The van der Waals surface area contributed by atoms with Crippen molar-refractivity contribution in [3.63, 3.8) is 0 Å². The van der Waals surface area contributed by atoms with Gasteiger partial charge in [0.05, 0.1) is 0 Å². The number of hydrogen-bond acceptors (Lipinski definition) is 6. The van der Waals surface area contributed by atoms with Crippen molar-refractivity contribution in [1.29, 1.82) is 0 Å². The highest BCUT2D eigenvalue weighted by Gasteiger charge is 2.39. The first kappa shape index (κ1) is 15.8. The predicted molar refractivity (Wildman–Crippen MR) is 88.8 cm³/mol. The lowest BCUT2D eigenvalue weighted by molar-refractivity contribution is 0.0929. The molecule has 1 aromatic heterocycles. The molecule has 7 nitrogen and oxygen atoms in total. The van der Waals surface area contributed by atoms with Gasteiger partial charge >= 0.3 is 5.95 Å². The Hall–Kier alpha value is -2.67. The van der Waals surface area contributed by atoms with Gasteiger partial charge in [0.25, 0.3) is 11.8 Å². The summed E-state index contributed by atoms with van der Waals surface area (Å²) in [6.45, 7) is 1.37. The Balaban J connectivity index is 1.37. The number of amides is 1. The monoisotopic (exact) mass is 341 g/mol. The van der Waals surface area contributed by atoms with E-state index in [0.29, 0.717) is 23.4 Å². The van der Waals surface area contributed by atoms with Crippen LogP contribution in [0.2, 0.25) is 0 Å². The zero-order valence-electron chi connectivity index (χ0n) is 13.8. The molecule has 1 aromatic carbocycles. The van der Waals surface area contributed by atoms with Gasteiger partial charge in [-0.25, -0.2) is 4.98 Å². The molecule has 2 bridgehead atoms. The third kappa shape index (κ3) is 3.28. The van der Waals surface area contributed by atoms with Gasteiger partial charge in [-0.3, -0.25) is 9.59 Å². The molecule has 3 unspecified atom stereocenters. The predicted octanol–water partition coefficient (Wildman–Crippen LogP) is 2.29. The van der Waals surface area contributed by atoms with Crippen LogP contribution in [0.5, 0.6) is 11.7 Å². The van der Waals surface area contributed by atoms with E-state index in [1.807, 2.05) is 0 Å². The number of benzene rings is 1. The second-order valence-electron chi connectivity index (χ2n) is 6.53. The Labute approximate surface area is 144 Å². The molecule has 3 atom stereocenters. The van der Waals surface area contributed by atoms with Crippen molar-refractivity contribution in [1.82, 2.24) is 15.6 Å². The molecule has 0 spiro atoms. The quantitative estimate of drug-likeness (QED) is 0.811. The van der Waals surface area contributed by atoms with Crippen molar-refractivity contribution in [2.45, 2.75) is 44.3 Å². The van der Waals surface area contributed by atoms with Crippen LogP contribution in [0.1, 0.15) is 47.2 Å². The first-order chi connectivity index (χ1) is 12.1. The minimum atomic E-state index is -0.267. The second-order valence-corrected chi connectivity index (χ2v) is 6.53. The van der Waals surface area contributed by atoms with Crippen LogP contribution in [0.15, 0.2) is 34.9 Å². The summed E-state index contributed by atoms with van der Waals surface area (Å²) in [4.78, 5) is 27.4. The second kappa shape index (κ2) is 6.33. The molecule has 2 N–H and O–H groups in total. The molecule has 0 aliphatic carbocycles. The fourth-order valence-electron chi connectivity index (χ4n) is 3.50. The summed E-state index contributed by atoms with van der Waals surface area (Å²) >= 11 is 0. The van der Waals surface area contributed by atoms with Gasteiger partial charge in [-0.1, -0.05) is 0 Å². The minimum Gasteiger partial charge on any atom is -0.425 e. The molecule has 3 heterocycles. The normalized spacial score (nSPS) is 24.3. The molecule has 2 saturated heterocycles. The molecule has 130 valence electrons. The third-order valence-corrected chi connectivity index (χ3v) is 4.74. The van der Waals surface area contributed by atoms with Crippen LogP contribution in [0.25, 0.3) is 0 Å². The Bertz CT molecular complexity index is 799. The zero-order chi connectivity index (χ0) is 17.4. The number of fused-ring (bicyclic) bond motifs is 2. The summed E-state index contributed by atoms with van der Waals surface area (Å²) in [7, 11) is 0. The molecule has 2 aliphatic rings. The average molecular weight is 341 g/mol. The lowest BCUT2D eigenvalue weighted by atomic mass is 9.95. The van der Waals surface area contributed by atoms with E-state index in [4.69, 9.17) is 9.15 Å². The number of rotatable bonds is 5. The van der Waals surface area contributed by atoms with Crippen LogP contribution < -0.4 is 15.4 Å². The van der Waals surface area contributed by atoms with Gasteiger partial charge in [0.15, 0.2) is 0 Å². The lowest BCUT2D eigenvalue weighted by Gasteiger charge is -2.21. The van der Waals surface area contributed by atoms with Crippen LogP contribution in [0.4, 0.5) is 0 Å². The number of carbonyl (C=O) groups is 2. The molecule has 2 fully saturated rings. The zero-order valence-corrected chi connectivity index (χ0v) is 13.8. The van der Waals surface area contributed by atoms with E-state index in [1.54, 1.807) is 24.3 Å². The number of aromatic nitrogens is 1. The summed E-state index contributed by atoms with van der Waals surface area (Å²) in [5.74, 6) is 0.298. The molecule has 1 amide bonds. The lowest BCUT2D eigenvalue weighted by Crippen LogP contribution is -2.42. The standard InChI is InChI=1S/C18H19N3O4/c1-10(22)18-19-9-16(25-18)24-13-5-2-11(3-6-13)17(23)21-15-8-12-4-7-14(15)20-12/h2-3,5-6,9,12,14-15,20H,4,7-8H2,1H3,(H,21,23). The van der Waals surface area contributed by atoms with Gasteiger partial charge in [-0.2, -0.15) is 0 Å². The Morgan fingerprint density at radius 3 is 2.68 bits per heavy atom. The molecule has 2 aromatic rings. The van der Waals surface area contributed by atoms with Crippen LogP contribution >= 0.6 is 0 Å².